The molecule has 0 heterocycles. The molecule has 0 aliphatic heterocycles. The lowest BCUT2D eigenvalue weighted by atomic mass is 10.2. The lowest BCUT2D eigenvalue weighted by Crippen LogP contribution is -2.24. The third kappa shape index (κ3) is 4.45. The highest BCUT2D eigenvalue weighted by molar-refractivity contribution is 6.33. The Morgan fingerprint density at radius 3 is 2.57 bits per heavy atom. The zero-order chi connectivity index (χ0) is 17.0. The highest BCUT2D eigenvalue weighted by Gasteiger charge is 2.10. The van der Waals surface area contributed by atoms with Crippen LogP contribution in [0.5, 0.6) is 11.5 Å². The van der Waals surface area contributed by atoms with Crippen LogP contribution in [0.1, 0.15) is 19.4 Å². The number of hydrogen-bond acceptors (Lipinski definition) is 2. The average molecular weight is 335 g/mol. The van der Waals surface area contributed by atoms with Crippen molar-refractivity contribution >= 4 is 23.6 Å². The molecule has 0 aromatic heterocycles. The normalized spacial score (nSPS) is 11.3. The molecule has 0 aliphatic rings. The van der Waals surface area contributed by atoms with Crippen LogP contribution in [0.15, 0.2) is 41.4 Å². The van der Waals surface area contributed by atoms with Crippen LogP contribution in [0, 0.1) is 12.7 Å². The summed E-state index contributed by atoms with van der Waals surface area (Å²) in [6, 6.07) is 10.1. The summed E-state index contributed by atoms with van der Waals surface area (Å²) in [4.78, 5) is 6.37. The van der Waals surface area contributed by atoms with Crippen LogP contribution in [0.2, 0.25) is 5.02 Å². The van der Waals surface area contributed by atoms with Crippen molar-refractivity contribution in [1.29, 1.82) is 0 Å². The van der Waals surface area contributed by atoms with Gasteiger partial charge >= 0.3 is 0 Å². The van der Waals surface area contributed by atoms with Gasteiger partial charge in [-0.05, 0) is 44.5 Å². The van der Waals surface area contributed by atoms with Crippen LogP contribution < -0.4 is 4.74 Å². The Morgan fingerprint density at radius 1 is 1.22 bits per heavy atom. The Hall–Kier alpha value is -2.07. The summed E-state index contributed by atoms with van der Waals surface area (Å²) in [5, 5.41) is 0.454. The summed E-state index contributed by atoms with van der Waals surface area (Å²) in [6.45, 7) is 6.02. The Bertz CT molecular complexity index is 716. The molecule has 23 heavy (non-hydrogen) atoms. The second-order valence-corrected chi connectivity index (χ2v) is 6.01. The average Bonchev–Trinajstić information content (AvgIpc) is 2.50. The van der Waals surface area contributed by atoms with E-state index < -0.39 is 5.82 Å². The highest BCUT2D eigenvalue weighted by Crippen LogP contribution is 2.35. The molecule has 0 aliphatic carbocycles. The maximum Gasteiger partial charge on any atom is 0.165 e. The van der Waals surface area contributed by atoms with E-state index in [4.69, 9.17) is 16.3 Å². The van der Waals surface area contributed by atoms with E-state index >= 15 is 0 Å². The number of aryl methyl sites for hydroxylation is 1. The van der Waals surface area contributed by atoms with E-state index in [2.05, 4.69) is 18.8 Å². The van der Waals surface area contributed by atoms with E-state index in [9.17, 15) is 4.39 Å². The van der Waals surface area contributed by atoms with Gasteiger partial charge in [-0.25, -0.2) is 9.38 Å². The summed E-state index contributed by atoms with van der Waals surface area (Å²) < 4.78 is 19.3. The smallest absolute Gasteiger partial charge is 0.165 e. The summed E-state index contributed by atoms with van der Waals surface area (Å²) in [6.07, 6.45) is 1.74. The van der Waals surface area contributed by atoms with Crippen LogP contribution in [0.25, 0.3) is 0 Å². The highest BCUT2D eigenvalue weighted by atomic mass is 35.5. The van der Waals surface area contributed by atoms with Crippen molar-refractivity contribution < 1.29 is 9.13 Å². The van der Waals surface area contributed by atoms with Gasteiger partial charge in [0.2, 0.25) is 0 Å². The molecule has 0 saturated heterocycles. The minimum atomic E-state index is -0.413. The van der Waals surface area contributed by atoms with Gasteiger partial charge in [-0.15, -0.1) is 0 Å². The van der Waals surface area contributed by atoms with Crippen molar-refractivity contribution in [2.45, 2.75) is 26.8 Å². The van der Waals surface area contributed by atoms with Gasteiger partial charge in [0.05, 0.1) is 17.0 Å². The molecule has 0 amide bonds. The molecular weight excluding hydrogens is 315 g/mol. The third-order valence-electron chi connectivity index (χ3n) is 3.49. The van der Waals surface area contributed by atoms with Crippen molar-refractivity contribution in [2.24, 2.45) is 4.99 Å². The lowest BCUT2D eigenvalue weighted by molar-refractivity contribution is 0.429. The standard InChI is InChI=1S/C18H20ClFN2O/c1-12(2)22(4)11-21-16-9-13(3)18(10-14(16)19)23-17-8-6-5-7-15(17)20/h5-12H,1-4H3/b21-11+. The number of rotatable bonds is 5. The quantitative estimate of drug-likeness (QED) is 0.526. The first-order valence-electron chi connectivity index (χ1n) is 7.37. The zero-order valence-electron chi connectivity index (χ0n) is 13.7. The van der Waals surface area contributed by atoms with Crippen molar-refractivity contribution in [2.75, 3.05) is 7.05 Å². The Labute approximate surface area is 141 Å². The summed E-state index contributed by atoms with van der Waals surface area (Å²) >= 11 is 6.26. The fraction of sp³-hybridized carbons (Fsp3) is 0.278. The van der Waals surface area contributed by atoms with Gasteiger partial charge in [-0.3, -0.25) is 0 Å². The van der Waals surface area contributed by atoms with Crippen LogP contribution in [-0.4, -0.2) is 24.3 Å². The van der Waals surface area contributed by atoms with Crippen LogP contribution >= 0.6 is 11.6 Å². The lowest BCUT2D eigenvalue weighted by Gasteiger charge is -2.17. The maximum atomic E-state index is 13.7. The van der Waals surface area contributed by atoms with Gasteiger partial charge in [-0.2, -0.15) is 0 Å². The van der Waals surface area contributed by atoms with Gasteiger partial charge in [0.25, 0.3) is 0 Å². The SMILES string of the molecule is Cc1cc(/N=C/N(C)C(C)C)c(Cl)cc1Oc1ccccc1F. The molecule has 0 spiro atoms. The number of para-hydroxylation sites is 1. The predicted molar refractivity (Wildman–Crippen MR) is 93.7 cm³/mol. The fourth-order valence-electron chi connectivity index (χ4n) is 1.79. The van der Waals surface area contributed by atoms with Gasteiger partial charge in [-0.1, -0.05) is 23.7 Å². The van der Waals surface area contributed by atoms with Crippen molar-refractivity contribution in [3.05, 3.63) is 52.8 Å². The third-order valence-corrected chi connectivity index (χ3v) is 3.80. The maximum absolute atomic E-state index is 13.7. The summed E-state index contributed by atoms with van der Waals surface area (Å²) in [5.74, 6) is 0.266. The summed E-state index contributed by atoms with van der Waals surface area (Å²) in [5.41, 5.74) is 1.48. The number of halogens is 2. The van der Waals surface area contributed by atoms with Gasteiger partial charge in [0.1, 0.15) is 5.75 Å². The molecule has 0 fully saturated rings. The minimum absolute atomic E-state index is 0.169. The fourth-order valence-corrected chi connectivity index (χ4v) is 1.99. The number of benzene rings is 2. The molecule has 122 valence electrons. The zero-order valence-corrected chi connectivity index (χ0v) is 14.4. The van der Waals surface area contributed by atoms with E-state index in [1.165, 1.54) is 6.07 Å². The van der Waals surface area contributed by atoms with E-state index in [0.29, 0.717) is 22.5 Å². The molecule has 2 aromatic carbocycles. The van der Waals surface area contributed by atoms with Crippen LogP contribution in [0.4, 0.5) is 10.1 Å². The molecule has 5 heteroatoms. The van der Waals surface area contributed by atoms with Gasteiger partial charge < -0.3 is 9.64 Å². The van der Waals surface area contributed by atoms with E-state index in [1.54, 1.807) is 30.6 Å². The Kier molecular flexibility index (Phi) is 5.61. The molecule has 0 bridgehead atoms. The van der Waals surface area contributed by atoms with Crippen LogP contribution in [-0.2, 0) is 0 Å². The molecule has 0 N–H and O–H groups in total. The first-order chi connectivity index (χ1) is 10.9. The van der Waals surface area contributed by atoms with Gasteiger partial charge in [0, 0.05) is 19.2 Å². The van der Waals surface area contributed by atoms with Gasteiger partial charge in [0.15, 0.2) is 11.6 Å². The number of nitrogens with zero attached hydrogens (tertiary/aromatic N) is 2. The molecule has 0 atom stereocenters. The summed E-state index contributed by atoms with van der Waals surface area (Å²) in [7, 11) is 1.95. The monoisotopic (exact) mass is 334 g/mol. The molecule has 2 aromatic rings. The molecular formula is C18H20ClFN2O. The Balaban J connectivity index is 2.25. The molecule has 0 radical (unpaired) electrons. The van der Waals surface area contributed by atoms with Crippen molar-refractivity contribution in [1.82, 2.24) is 4.90 Å². The first kappa shape index (κ1) is 17.3. The Morgan fingerprint density at radius 2 is 1.91 bits per heavy atom. The molecule has 2 rings (SSSR count). The number of aliphatic imine (C=N–C) groups is 1. The molecule has 3 nitrogen and oxygen atoms in total. The van der Waals surface area contributed by atoms with E-state index in [1.807, 2.05) is 24.9 Å². The predicted octanol–water partition coefficient (Wildman–Crippen LogP) is 5.58. The van der Waals surface area contributed by atoms with E-state index in [0.717, 1.165) is 5.56 Å². The van der Waals surface area contributed by atoms with Crippen LogP contribution in [0.3, 0.4) is 0 Å². The second-order valence-electron chi connectivity index (χ2n) is 5.61. The first-order valence-corrected chi connectivity index (χ1v) is 7.75. The second kappa shape index (κ2) is 7.47. The molecule has 0 unspecified atom stereocenters. The minimum Gasteiger partial charge on any atom is -0.454 e. The molecule has 0 saturated carbocycles. The number of hydrogen-bond donors (Lipinski definition) is 0. The number of ether oxygens (including phenoxy) is 1. The topological polar surface area (TPSA) is 24.8 Å². The largest absolute Gasteiger partial charge is 0.454 e. The van der Waals surface area contributed by atoms with E-state index in [-0.39, 0.29) is 5.75 Å². The van der Waals surface area contributed by atoms with Crippen molar-refractivity contribution in [3.8, 4) is 11.5 Å². The van der Waals surface area contributed by atoms with Crippen molar-refractivity contribution in [3.63, 3.8) is 0 Å².